The van der Waals surface area contributed by atoms with E-state index in [4.69, 9.17) is 4.74 Å². The van der Waals surface area contributed by atoms with Crippen molar-refractivity contribution in [1.82, 2.24) is 5.32 Å². The van der Waals surface area contributed by atoms with Crippen molar-refractivity contribution in [2.24, 2.45) is 10.9 Å². The largest absolute Gasteiger partial charge is 0.379 e. The zero-order valence-electron chi connectivity index (χ0n) is 8.19. The molecule has 76 valence electrons. The molecule has 4 nitrogen and oxygen atoms in total. The van der Waals surface area contributed by atoms with E-state index in [1.54, 1.807) is 12.4 Å². The van der Waals surface area contributed by atoms with E-state index in [0.717, 1.165) is 13.0 Å². The molecule has 2 heterocycles. The highest BCUT2D eigenvalue weighted by atomic mass is 16.5. The normalized spacial score (nSPS) is 31.8. The quantitative estimate of drug-likeness (QED) is 0.696. The van der Waals surface area contributed by atoms with Gasteiger partial charge in [-0.3, -0.25) is 9.79 Å². The van der Waals surface area contributed by atoms with Crippen molar-refractivity contribution >= 4 is 12.0 Å². The number of carbonyl (C=O) groups excluding carboxylic acids is 1. The molecular formula is C10H14N2O2. The predicted octanol–water partition coefficient (Wildman–Crippen LogP) is 0.496. The van der Waals surface area contributed by atoms with E-state index >= 15 is 0 Å². The van der Waals surface area contributed by atoms with Gasteiger partial charge in [-0.25, -0.2) is 0 Å². The first-order valence-electron chi connectivity index (χ1n) is 4.89. The van der Waals surface area contributed by atoms with Gasteiger partial charge >= 0.3 is 0 Å². The molecule has 1 saturated heterocycles. The fourth-order valence-corrected chi connectivity index (χ4v) is 1.60. The lowest BCUT2D eigenvalue weighted by Crippen LogP contribution is -2.35. The molecule has 0 radical (unpaired) electrons. The van der Waals surface area contributed by atoms with Gasteiger partial charge in [-0.2, -0.15) is 0 Å². The lowest BCUT2D eigenvalue weighted by molar-refractivity contribution is -0.117. The van der Waals surface area contributed by atoms with Crippen LogP contribution in [0.2, 0.25) is 0 Å². The number of ketones is 1. The summed E-state index contributed by atoms with van der Waals surface area (Å²) in [7, 11) is 0. The Labute approximate surface area is 83.0 Å². The van der Waals surface area contributed by atoms with Gasteiger partial charge in [0, 0.05) is 12.8 Å². The Bertz CT molecular complexity index is 290. The summed E-state index contributed by atoms with van der Waals surface area (Å²) >= 11 is 0. The molecule has 0 aromatic heterocycles. The second kappa shape index (κ2) is 3.92. The SMILES string of the molecule is CC1C=NC=C(N[C@@H]2CCOC2)C1=O. The zero-order chi connectivity index (χ0) is 9.97. The fourth-order valence-electron chi connectivity index (χ4n) is 1.60. The molecule has 2 atom stereocenters. The van der Waals surface area contributed by atoms with Gasteiger partial charge in [0.25, 0.3) is 0 Å². The maximum Gasteiger partial charge on any atom is 0.188 e. The summed E-state index contributed by atoms with van der Waals surface area (Å²) in [6.45, 7) is 3.31. The van der Waals surface area contributed by atoms with Gasteiger partial charge in [-0.05, 0) is 6.42 Å². The van der Waals surface area contributed by atoms with Crippen LogP contribution in [0.4, 0.5) is 0 Å². The van der Waals surface area contributed by atoms with Crippen LogP contribution in [-0.4, -0.2) is 31.3 Å². The minimum absolute atomic E-state index is 0.107. The number of rotatable bonds is 2. The number of Topliss-reactive ketones (excluding diaryl/α,β-unsaturated/α-hetero) is 1. The summed E-state index contributed by atoms with van der Waals surface area (Å²) < 4.78 is 5.22. The van der Waals surface area contributed by atoms with Crippen molar-refractivity contribution in [2.45, 2.75) is 19.4 Å². The summed E-state index contributed by atoms with van der Waals surface area (Å²) in [5.74, 6) is 0.0109. The van der Waals surface area contributed by atoms with Crippen molar-refractivity contribution in [1.29, 1.82) is 0 Å². The van der Waals surface area contributed by atoms with Gasteiger partial charge in [0.15, 0.2) is 5.78 Å². The van der Waals surface area contributed by atoms with Gasteiger partial charge in [-0.1, -0.05) is 6.92 Å². The third-order valence-electron chi connectivity index (χ3n) is 2.48. The molecule has 2 rings (SSSR count). The molecular weight excluding hydrogens is 180 g/mol. The molecule has 0 aromatic carbocycles. The van der Waals surface area contributed by atoms with E-state index in [-0.39, 0.29) is 17.7 Å². The van der Waals surface area contributed by atoms with Gasteiger partial charge in [0.05, 0.1) is 30.5 Å². The monoisotopic (exact) mass is 194 g/mol. The molecule has 0 amide bonds. The Kier molecular flexibility index (Phi) is 2.63. The summed E-state index contributed by atoms with van der Waals surface area (Å²) in [6.07, 6.45) is 4.22. The summed E-state index contributed by atoms with van der Waals surface area (Å²) in [5, 5.41) is 3.17. The third-order valence-corrected chi connectivity index (χ3v) is 2.48. The number of nitrogens with zero attached hydrogens (tertiary/aromatic N) is 1. The fraction of sp³-hybridized carbons (Fsp3) is 0.600. The standard InChI is InChI=1S/C10H14N2O2/c1-7-4-11-5-9(10(7)13)12-8-2-3-14-6-8/h4-5,7-8,12H,2-3,6H2,1H3/t7?,8-/m1/s1. The van der Waals surface area contributed by atoms with E-state index in [1.807, 2.05) is 6.92 Å². The van der Waals surface area contributed by atoms with Crippen LogP contribution in [-0.2, 0) is 9.53 Å². The molecule has 2 aliphatic rings. The van der Waals surface area contributed by atoms with Crippen molar-refractivity contribution in [3.8, 4) is 0 Å². The van der Waals surface area contributed by atoms with Gasteiger partial charge in [0.2, 0.25) is 0 Å². The average molecular weight is 194 g/mol. The highest BCUT2D eigenvalue weighted by molar-refractivity contribution is 6.06. The first kappa shape index (κ1) is 9.40. The van der Waals surface area contributed by atoms with Gasteiger partial charge in [0.1, 0.15) is 0 Å². The number of ether oxygens (including phenoxy) is 1. The topological polar surface area (TPSA) is 50.7 Å². The smallest absolute Gasteiger partial charge is 0.188 e. The highest BCUT2D eigenvalue weighted by Crippen LogP contribution is 2.11. The molecule has 0 aliphatic carbocycles. The summed E-state index contributed by atoms with van der Waals surface area (Å²) in [6, 6.07) is 0.269. The molecule has 2 aliphatic heterocycles. The Hall–Kier alpha value is -1.16. The van der Waals surface area contributed by atoms with Crippen LogP contribution in [0.3, 0.4) is 0 Å². The van der Waals surface area contributed by atoms with E-state index in [1.165, 1.54) is 0 Å². The lowest BCUT2D eigenvalue weighted by Gasteiger charge is -2.17. The number of aliphatic imine (C=N–C) groups is 1. The maximum absolute atomic E-state index is 11.7. The second-order valence-corrected chi connectivity index (χ2v) is 3.70. The number of nitrogens with one attached hydrogen (secondary N) is 1. The summed E-state index contributed by atoms with van der Waals surface area (Å²) in [5.41, 5.74) is 0.621. The van der Waals surface area contributed by atoms with Gasteiger partial charge < -0.3 is 10.1 Å². The molecule has 0 aromatic rings. The number of carbonyl (C=O) groups is 1. The second-order valence-electron chi connectivity index (χ2n) is 3.70. The molecule has 1 fully saturated rings. The molecule has 1 unspecified atom stereocenters. The van der Waals surface area contributed by atoms with E-state index in [2.05, 4.69) is 10.3 Å². The molecule has 0 saturated carbocycles. The van der Waals surface area contributed by atoms with Crippen LogP contribution in [0.1, 0.15) is 13.3 Å². The number of hydrogen-bond donors (Lipinski definition) is 1. The van der Waals surface area contributed by atoms with E-state index in [0.29, 0.717) is 12.3 Å². The van der Waals surface area contributed by atoms with E-state index < -0.39 is 0 Å². The predicted molar refractivity (Wildman–Crippen MR) is 53.1 cm³/mol. The summed E-state index contributed by atoms with van der Waals surface area (Å²) in [4.78, 5) is 15.7. The molecule has 0 bridgehead atoms. The first-order chi connectivity index (χ1) is 6.77. The Morgan fingerprint density at radius 1 is 1.64 bits per heavy atom. The van der Waals surface area contributed by atoms with Crippen molar-refractivity contribution in [3.63, 3.8) is 0 Å². The molecule has 0 spiro atoms. The minimum atomic E-state index is -0.107. The Morgan fingerprint density at radius 3 is 3.21 bits per heavy atom. The average Bonchev–Trinajstić information content (AvgIpc) is 2.66. The van der Waals surface area contributed by atoms with Crippen molar-refractivity contribution < 1.29 is 9.53 Å². The van der Waals surface area contributed by atoms with Crippen LogP contribution in [0.25, 0.3) is 0 Å². The highest BCUT2D eigenvalue weighted by Gasteiger charge is 2.23. The van der Waals surface area contributed by atoms with Crippen LogP contribution >= 0.6 is 0 Å². The number of hydrogen-bond acceptors (Lipinski definition) is 4. The third kappa shape index (κ3) is 1.85. The van der Waals surface area contributed by atoms with Crippen molar-refractivity contribution in [3.05, 3.63) is 11.9 Å². The Balaban J connectivity index is 1.99. The van der Waals surface area contributed by atoms with Crippen LogP contribution in [0.5, 0.6) is 0 Å². The Morgan fingerprint density at radius 2 is 2.50 bits per heavy atom. The molecule has 1 N–H and O–H groups in total. The minimum Gasteiger partial charge on any atom is -0.379 e. The van der Waals surface area contributed by atoms with Crippen molar-refractivity contribution in [2.75, 3.05) is 13.2 Å². The van der Waals surface area contributed by atoms with E-state index in [9.17, 15) is 4.79 Å². The molecule has 14 heavy (non-hydrogen) atoms. The zero-order valence-corrected chi connectivity index (χ0v) is 8.19. The van der Waals surface area contributed by atoms with Crippen LogP contribution in [0.15, 0.2) is 16.9 Å². The van der Waals surface area contributed by atoms with Gasteiger partial charge in [-0.15, -0.1) is 0 Å². The van der Waals surface area contributed by atoms with Crippen LogP contribution < -0.4 is 5.32 Å². The first-order valence-corrected chi connectivity index (χ1v) is 4.89. The lowest BCUT2D eigenvalue weighted by atomic mass is 10.0. The number of allylic oxidation sites excluding steroid dienone is 1. The van der Waals surface area contributed by atoms with Crippen LogP contribution in [0, 0.1) is 5.92 Å². The molecule has 4 heteroatoms. The maximum atomic E-state index is 11.7.